The second kappa shape index (κ2) is 10.4. The summed E-state index contributed by atoms with van der Waals surface area (Å²) in [5.41, 5.74) is 1.06. The molecule has 0 aliphatic heterocycles. The van der Waals surface area contributed by atoms with Gasteiger partial charge >= 0.3 is 12.1 Å². The molecular formula is C30H50N4O2. The number of rotatable bonds is 11. The first-order valence-corrected chi connectivity index (χ1v) is 15.5. The van der Waals surface area contributed by atoms with Gasteiger partial charge in [0.1, 0.15) is 0 Å². The highest BCUT2D eigenvalue weighted by Gasteiger charge is 2.51. The molecule has 8 rings (SSSR count). The van der Waals surface area contributed by atoms with E-state index in [-0.39, 0.29) is 12.1 Å². The van der Waals surface area contributed by atoms with Gasteiger partial charge in [0.2, 0.25) is 0 Å². The lowest BCUT2D eigenvalue weighted by Gasteiger charge is -2.57. The van der Waals surface area contributed by atoms with Crippen molar-refractivity contribution in [1.29, 1.82) is 0 Å². The second-order valence-corrected chi connectivity index (χ2v) is 14.4. The minimum atomic E-state index is -0.0323. The maximum atomic E-state index is 12.2. The summed E-state index contributed by atoms with van der Waals surface area (Å²) < 4.78 is 0. The van der Waals surface area contributed by atoms with Crippen LogP contribution in [0.1, 0.15) is 103 Å². The van der Waals surface area contributed by atoms with E-state index in [2.05, 4.69) is 21.3 Å². The molecule has 8 aliphatic carbocycles. The Labute approximate surface area is 218 Å². The Morgan fingerprint density at radius 1 is 0.472 bits per heavy atom. The Balaban J connectivity index is 0.779. The van der Waals surface area contributed by atoms with Gasteiger partial charge in [0.15, 0.2) is 0 Å². The topological polar surface area (TPSA) is 82.3 Å². The molecule has 8 bridgehead atoms. The van der Waals surface area contributed by atoms with Crippen molar-refractivity contribution < 1.29 is 9.59 Å². The molecule has 4 amide bonds. The second-order valence-electron chi connectivity index (χ2n) is 14.4. The first kappa shape index (κ1) is 24.9. The third-order valence-electron chi connectivity index (χ3n) is 11.4. The van der Waals surface area contributed by atoms with Gasteiger partial charge in [-0.1, -0.05) is 0 Å². The summed E-state index contributed by atoms with van der Waals surface area (Å²) in [6, 6.07) is -0.0646. The Morgan fingerprint density at radius 2 is 0.750 bits per heavy atom. The molecule has 0 atom stereocenters. The van der Waals surface area contributed by atoms with Gasteiger partial charge in [-0.2, -0.15) is 0 Å². The van der Waals surface area contributed by atoms with Crippen LogP contribution >= 0.6 is 0 Å². The van der Waals surface area contributed by atoms with Gasteiger partial charge in [0, 0.05) is 26.2 Å². The van der Waals surface area contributed by atoms with Crippen LogP contribution in [-0.4, -0.2) is 38.2 Å². The Morgan fingerprint density at radius 3 is 1.06 bits per heavy atom. The highest BCUT2D eigenvalue weighted by Crippen LogP contribution is 2.62. The molecule has 0 aromatic carbocycles. The normalized spacial score (nSPS) is 41.3. The van der Waals surface area contributed by atoms with E-state index in [0.29, 0.717) is 23.9 Å². The molecule has 0 unspecified atom stereocenters. The van der Waals surface area contributed by atoms with Crippen LogP contribution < -0.4 is 21.3 Å². The quantitative estimate of drug-likeness (QED) is 0.281. The van der Waals surface area contributed by atoms with Gasteiger partial charge in [0.25, 0.3) is 0 Å². The first-order chi connectivity index (χ1) is 17.5. The van der Waals surface area contributed by atoms with Crippen LogP contribution in [-0.2, 0) is 0 Å². The van der Waals surface area contributed by atoms with Gasteiger partial charge < -0.3 is 21.3 Å². The molecule has 0 saturated heterocycles. The van der Waals surface area contributed by atoms with Crippen molar-refractivity contribution in [2.75, 3.05) is 26.2 Å². The fourth-order valence-corrected chi connectivity index (χ4v) is 10.9. The molecular weight excluding hydrogens is 448 g/mol. The lowest BCUT2D eigenvalue weighted by Crippen LogP contribution is -2.48. The molecule has 8 fully saturated rings. The molecule has 0 aromatic heterocycles. The summed E-state index contributed by atoms with van der Waals surface area (Å²) in [4.78, 5) is 24.4. The largest absolute Gasteiger partial charge is 0.338 e. The third kappa shape index (κ3) is 5.67. The Kier molecular flexibility index (Phi) is 7.15. The van der Waals surface area contributed by atoms with E-state index >= 15 is 0 Å². The van der Waals surface area contributed by atoms with E-state index in [9.17, 15) is 9.59 Å². The molecule has 36 heavy (non-hydrogen) atoms. The number of urea groups is 2. The van der Waals surface area contributed by atoms with Crippen molar-refractivity contribution in [2.24, 2.45) is 46.3 Å². The predicted octanol–water partition coefficient (Wildman–Crippen LogP) is 5.58. The summed E-state index contributed by atoms with van der Waals surface area (Å²) in [6.45, 7) is 2.95. The van der Waals surface area contributed by atoms with E-state index in [1.807, 2.05) is 0 Å². The SMILES string of the molecule is O=C(NCCCCNC(=O)NCCC12CC3CC(CC(C3)C1)C2)NCCC12CC3CC(CC(C3)C1)C2. The lowest BCUT2D eigenvalue weighted by molar-refractivity contribution is -0.0565. The fourth-order valence-electron chi connectivity index (χ4n) is 10.9. The van der Waals surface area contributed by atoms with Crippen molar-refractivity contribution in [3.05, 3.63) is 0 Å². The number of carbonyl (C=O) groups is 2. The van der Waals surface area contributed by atoms with Crippen LogP contribution in [0.5, 0.6) is 0 Å². The van der Waals surface area contributed by atoms with Crippen LogP contribution in [0.2, 0.25) is 0 Å². The van der Waals surface area contributed by atoms with Gasteiger partial charge in [-0.15, -0.1) is 0 Å². The average Bonchev–Trinajstić information content (AvgIpc) is 2.79. The predicted molar refractivity (Wildman–Crippen MR) is 142 cm³/mol. The number of unbranched alkanes of at least 4 members (excludes halogenated alkanes) is 1. The van der Waals surface area contributed by atoms with Gasteiger partial charge in [0.05, 0.1) is 0 Å². The molecule has 8 saturated carbocycles. The molecule has 4 N–H and O–H groups in total. The number of amides is 4. The minimum absolute atomic E-state index is 0.0323. The fraction of sp³-hybridized carbons (Fsp3) is 0.933. The molecule has 0 aromatic rings. The van der Waals surface area contributed by atoms with Crippen LogP contribution in [0.25, 0.3) is 0 Å². The van der Waals surface area contributed by atoms with Crippen LogP contribution in [0.3, 0.4) is 0 Å². The van der Waals surface area contributed by atoms with Crippen molar-refractivity contribution in [3.63, 3.8) is 0 Å². The summed E-state index contributed by atoms with van der Waals surface area (Å²) in [5, 5.41) is 12.2. The minimum Gasteiger partial charge on any atom is -0.338 e. The van der Waals surface area contributed by atoms with Crippen molar-refractivity contribution in [2.45, 2.75) is 103 Å². The van der Waals surface area contributed by atoms with E-state index in [4.69, 9.17) is 0 Å². The number of hydrogen-bond acceptors (Lipinski definition) is 2. The van der Waals surface area contributed by atoms with Crippen LogP contribution in [0.15, 0.2) is 0 Å². The zero-order chi connectivity index (χ0) is 24.6. The maximum Gasteiger partial charge on any atom is 0.314 e. The lowest BCUT2D eigenvalue weighted by atomic mass is 9.49. The molecule has 8 aliphatic rings. The average molecular weight is 499 g/mol. The molecule has 6 nitrogen and oxygen atoms in total. The maximum absolute atomic E-state index is 12.2. The monoisotopic (exact) mass is 498 g/mol. The van der Waals surface area contributed by atoms with Crippen LogP contribution in [0, 0.1) is 46.3 Å². The third-order valence-corrected chi connectivity index (χ3v) is 11.4. The van der Waals surface area contributed by atoms with E-state index < -0.39 is 0 Å². The van der Waals surface area contributed by atoms with Gasteiger partial charge in [-0.3, -0.25) is 0 Å². The first-order valence-electron chi connectivity index (χ1n) is 15.5. The molecule has 202 valence electrons. The number of nitrogens with one attached hydrogen (secondary N) is 4. The highest BCUT2D eigenvalue weighted by atomic mass is 16.2. The summed E-state index contributed by atoms with van der Waals surface area (Å²) in [5.74, 6) is 5.85. The summed E-state index contributed by atoms with van der Waals surface area (Å²) in [6.07, 6.45) is 21.4. The summed E-state index contributed by atoms with van der Waals surface area (Å²) >= 11 is 0. The van der Waals surface area contributed by atoms with Crippen molar-refractivity contribution >= 4 is 12.1 Å². The standard InChI is InChI=1S/C30H50N4O2/c35-27(33-7-3-29-15-21-9-22(16-29)11-23(10-21)17-29)31-5-1-2-6-32-28(36)34-8-4-30-18-24-12-25(19-30)14-26(13-24)20-30/h21-26H,1-20H2,(H2,31,33,35)(H2,32,34,36). The van der Waals surface area contributed by atoms with E-state index in [1.54, 1.807) is 0 Å². The Hall–Kier alpha value is -1.46. The number of carbonyl (C=O) groups excluding carboxylic acids is 2. The summed E-state index contributed by atoms with van der Waals surface area (Å²) in [7, 11) is 0. The van der Waals surface area contributed by atoms with Crippen molar-refractivity contribution in [1.82, 2.24) is 21.3 Å². The zero-order valence-electron chi connectivity index (χ0n) is 22.4. The Bertz CT molecular complexity index is 674. The van der Waals surface area contributed by atoms with Gasteiger partial charge in [-0.25, -0.2) is 9.59 Å². The van der Waals surface area contributed by atoms with Crippen molar-refractivity contribution in [3.8, 4) is 0 Å². The molecule has 0 radical (unpaired) electrons. The smallest absolute Gasteiger partial charge is 0.314 e. The molecule has 6 heteroatoms. The highest BCUT2D eigenvalue weighted by molar-refractivity contribution is 5.74. The van der Waals surface area contributed by atoms with Crippen LogP contribution in [0.4, 0.5) is 9.59 Å². The van der Waals surface area contributed by atoms with E-state index in [1.165, 1.54) is 77.0 Å². The zero-order valence-corrected chi connectivity index (χ0v) is 22.4. The molecule has 0 heterocycles. The van der Waals surface area contributed by atoms with Gasteiger partial charge in [-0.05, 0) is 149 Å². The van der Waals surface area contributed by atoms with E-state index in [0.717, 1.165) is 74.3 Å². The number of hydrogen-bond donors (Lipinski definition) is 4. The molecule has 0 spiro atoms.